The largest absolute Gasteiger partial charge is 0.431 e. The summed E-state index contributed by atoms with van der Waals surface area (Å²) in [5, 5.41) is 1.47. The van der Waals surface area contributed by atoms with Gasteiger partial charge in [-0.1, -0.05) is 0 Å². The van der Waals surface area contributed by atoms with E-state index in [-0.39, 0.29) is 0 Å². The van der Waals surface area contributed by atoms with Gasteiger partial charge in [-0.15, -0.1) is 0 Å². The van der Waals surface area contributed by atoms with Gasteiger partial charge in [-0.25, -0.2) is 9.97 Å². The van der Waals surface area contributed by atoms with Gasteiger partial charge in [0.15, 0.2) is 5.58 Å². The number of hydrogen-bond acceptors (Lipinski definition) is 5. The lowest BCUT2D eigenvalue weighted by molar-refractivity contribution is 0.489. The van der Waals surface area contributed by atoms with Gasteiger partial charge in [0.1, 0.15) is 10.5 Å². The molecule has 0 atom stereocenters. The number of rotatable bonds is 2. The number of pyridine rings is 1. The van der Waals surface area contributed by atoms with Crippen molar-refractivity contribution in [3.05, 3.63) is 41.6 Å². The van der Waals surface area contributed by atoms with Gasteiger partial charge in [-0.05, 0) is 61.5 Å². The van der Waals surface area contributed by atoms with E-state index in [2.05, 4.69) is 9.97 Å². The van der Waals surface area contributed by atoms with Gasteiger partial charge in [0.05, 0.1) is 0 Å². The minimum Gasteiger partial charge on any atom is -0.431 e. The van der Waals surface area contributed by atoms with Gasteiger partial charge in [0, 0.05) is 11.4 Å². The van der Waals surface area contributed by atoms with Crippen LogP contribution in [0.15, 0.2) is 45.0 Å². The van der Waals surface area contributed by atoms with Crippen LogP contribution in [0, 0.1) is 13.8 Å². The maximum atomic E-state index is 5.72. The summed E-state index contributed by atoms with van der Waals surface area (Å²) in [4.78, 5) is 8.86. The van der Waals surface area contributed by atoms with Crippen LogP contribution in [0.5, 0.6) is 0 Å². The first-order valence-corrected chi connectivity index (χ1v) is 6.71. The van der Waals surface area contributed by atoms with E-state index in [0.717, 1.165) is 21.8 Å². The van der Waals surface area contributed by atoms with E-state index < -0.39 is 0 Å². The van der Waals surface area contributed by atoms with Crippen LogP contribution in [0.1, 0.15) is 11.3 Å². The van der Waals surface area contributed by atoms with Gasteiger partial charge in [-0.3, -0.25) is 0 Å². The highest BCUT2D eigenvalue weighted by Gasteiger charge is 2.09. The molecule has 3 aromatic rings. The van der Waals surface area contributed by atoms with Crippen molar-refractivity contribution >= 4 is 28.5 Å². The van der Waals surface area contributed by atoms with E-state index >= 15 is 0 Å². The summed E-state index contributed by atoms with van der Waals surface area (Å²) in [6.45, 7) is 4.02. The summed E-state index contributed by atoms with van der Waals surface area (Å²) >= 11 is 1.42. The molecule has 0 fully saturated rings. The number of nitrogen functional groups attached to an aromatic ring is 1. The molecule has 0 saturated heterocycles. The predicted octanol–water partition coefficient (Wildman–Crippen LogP) is 3.57. The standard InChI is InChI=1S/C14H13N3OS/c1-8-5-9(2)16-13(6-8)19-14-17-11-7-10(15)3-4-12(11)18-14/h3-7H,15H2,1-2H3. The lowest BCUT2D eigenvalue weighted by atomic mass is 10.3. The van der Waals surface area contributed by atoms with Crippen molar-refractivity contribution in [1.29, 1.82) is 0 Å². The Morgan fingerprint density at radius 3 is 2.74 bits per heavy atom. The number of benzene rings is 1. The van der Waals surface area contributed by atoms with Crippen LogP contribution < -0.4 is 5.73 Å². The first-order chi connectivity index (χ1) is 9.10. The van der Waals surface area contributed by atoms with Crippen molar-refractivity contribution < 1.29 is 4.42 Å². The zero-order valence-corrected chi connectivity index (χ0v) is 11.5. The highest BCUT2D eigenvalue weighted by Crippen LogP contribution is 2.29. The van der Waals surface area contributed by atoms with Crippen molar-refractivity contribution in [2.24, 2.45) is 0 Å². The number of hydrogen-bond donors (Lipinski definition) is 1. The molecule has 5 heteroatoms. The van der Waals surface area contributed by atoms with Crippen molar-refractivity contribution in [3.8, 4) is 0 Å². The molecule has 0 aliphatic carbocycles. The Labute approximate surface area is 115 Å². The summed E-state index contributed by atoms with van der Waals surface area (Å²) in [6, 6.07) is 9.49. The summed E-state index contributed by atoms with van der Waals surface area (Å²) in [5.74, 6) is 0. The third-order valence-electron chi connectivity index (χ3n) is 2.66. The van der Waals surface area contributed by atoms with Crippen LogP contribution in [0.4, 0.5) is 5.69 Å². The second kappa shape index (κ2) is 4.59. The molecule has 0 bridgehead atoms. The van der Waals surface area contributed by atoms with Crippen molar-refractivity contribution in [2.75, 3.05) is 5.73 Å². The monoisotopic (exact) mass is 271 g/mol. The van der Waals surface area contributed by atoms with Gasteiger partial charge in [0.25, 0.3) is 5.22 Å². The predicted molar refractivity (Wildman–Crippen MR) is 76.3 cm³/mol. The molecule has 2 aromatic heterocycles. The third kappa shape index (κ3) is 2.56. The molecule has 96 valence electrons. The fraction of sp³-hybridized carbons (Fsp3) is 0.143. The maximum absolute atomic E-state index is 5.72. The molecule has 2 heterocycles. The number of nitrogens with zero attached hydrogens (tertiary/aromatic N) is 2. The summed E-state index contributed by atoms with van der Waals surface area (Å²) in [7, 11) is 0. The molecular weight excluding hydrogens is 258 g/mol. The number of oxazole rings is 1. The van der Waals surface area contributed by atoms with E-state index in [4.69, 9.17) is 10.2 Å². The highest BCUT2D eigenvalue weighted by molar-refractivity contribution is 7.99. The first-order valence-electron chi connectivity index (χ1n) is 5.89. The quantitative estimate of drug-likeness (QED) is 0.722. The zero-order chi connectivity index (χ0) is 13.4. The van der Waals surface area contributed by atoms with Crippen LogP contribution in [-0.2, 0) is 0 Å². The number of anilines is 1. The van der Waals surface area contributed by atoms with Crippen LogP contribution in [-0.4, -0.2) is 9.97 Å². The molecule has 2 N–H and O–H groups in total. The number of fused-ring (bicyclic) bond motifs is 1. The third-order valence-corrected chi connectivity index (χ3v) is 3.43. The van der Waals surface area contributed by atoms with E-state index in [1.54, 1.807) is 12.1 Å². The van der Waals surface area contributed by atoms with Crippen LogP contribution in [0.25, 0.3) is 11.1 Å². The normalized spacial score (nSPS) is 11.1. The van der Waals surface area contributed by atoms with Crippen LogP contribution in [0.2, 0.25) is 0 Å². The second-order valence-electron chi connectivity index (χ2n) is 4.43. The molecule has 0 saturated carbocycles. The first kappa shape index (κ1) is 12.0. The molecule has 0 amide bonds. The maximum Gasteiger partial charge on any atom is 0.263 e. The lowest BCUT2D eigenvalue weighted by Gasteiger charge is -2.00. The Morgan fingerprint density at radius 2 is 1.95 bits per heavy atom. The van der Waals surface area contributed by atoms with E-state index in [9.17, 15) is 0 Å². The van der Waals surface area contributed by atoms with Crippen molar-refractivity contribution in [1.82, 2.24) is 9.97 Å². The Bertz CT molecular complexity index is 731. The van der Waals surface area contributed by atoms with Gasteiger partial charge >= 0.3 is 0 Å². The van der Waals surface area contributed by atoms with Gasteiger partial charge in [0.2, 0.25) is 0 Å². The fourth-order valence-electron chi connectivity index (χ4n) is 1.91. The molecular formula is C14H13N3OS. The summed E-state index contributed by atoms with van der Waals surface area (Å²) in [6.07, 6.45) is 0. The molecule has 3 rings (SSSR count). The molecule has 0 radical (unpaired) electrons. The zero-order valence-electron chi connectivity index (χ0n) is 10.7. The van der Waals surface area contributed by atoms with Gasteiger partial charge in [-0.2, -0.15) is 0 Å². The highest BCUT2D eigenvalue weighted by atomic mass is 32.2. The fourth-order valence-corrected chi connectivity index (χ4v) is 2.80. The number of aryl methyl sites for hydroxylation is 2. The minimum absolute atomic E-state index is 0.582. The van der Waals surface area contributed by atoms with Gasteiger partial charge < -0.3 is 10.2 Å². The number of aromatic nitrogens is 2. The molecule has 4 nitrogen and oxygen atoms in total. The summed E-state index contributed by atoms with van der Waals surface area (Å²) in [5.41, 5.74) is 10.1. The summed E-state index contributed by atoms with van der Waals surface area (Å²) < 4.78 is 5.66. The molecule has 0 aliphatic rings. The molecule has 0 aliphatic heterocycles. The smallest absolute Gasteiger partial charge is 0.263 e. The topological polar surface area (TPSA) is 64.9 Å². The molecule has 19 heavy (non-hydrogen) atoms. The van der Waals surface area contributed by atoms with E-state index in [1.165, 1.54) is 17.3 Å². The minimum atomic E-state index is 0.582. The Morgan fingerprint density at radius 1 is 1.11 bits per heavy atom. The lowest BCUT2D eigenvalue weighted by Crippen LogP contribution is -1.86. The van der Waals surface area contributed by atoms with Crippen LogP contribution >= 0.6 is 11.8 Å². The average Bonchev–Trinajstić information content (AvgIpc) is 2.68. The van der Waals surface area contributed by atoms with E-state index in [0.29, 0.717) is 10.9 Å². The van der Waals surface area contributed by atoms with Crippen molar-refractivity contribution in [3.63, 3.8) is 0 Å². The van der Waals surface area contributed by atoms with Crippen molar-refractivity contribution in [2.45, 2.75) is 24.1 Å². The molecule has 0 unspecified atom stereocenters. The Kier molecular flexibility index (Phi) is 2.91. The second-order valence-corrected chi connectivity index (χ2v) is 5.40. The number of nitrogens with two attached hydrogens (primary N) is 1. The van der Waals surface area contributed by atoms with Crippen LogP contribution in [0.3, 0.4) is 0 Å². The Hall–Kier alpha value is -2.01. The molecule has 0 spiro atoms. The van der Waals surface area contributed by atoms with E-state index in [1.807, 2.05) is 32.0 Å². The SMILES string of the molecule is Cc1cc(C)nc(Sc2nc3cc(N)ccc3o2)c1. The Balaban J connectivity index is 1.96. The average molecular weight is 271 g/mol. The molecule has 1 aromatic carbocycles.